The number of rotatable bonds is 7. The third-order valence-electron chi connectivity index (χ3n) is 9.64. The van der Waals surface area contributed by atoms with Crippen LogP contribution in [-0.2, 0) is 10.8 Å². The van der Waals surface area contributed by atoms with Crippen molar-refractivity contribution in [3.8, 4) is 0 Å². The van der Waals surface area contributed by atoms with Crippen LogP contribution in [-0.4, -0.2) is 26.5 Å². The first-order chi connectivity index (χ1) is 19.1. The van der Waals surface area contributed by atoms with Crippen molar-refractivity contribution < 1.29 is 18.3 Å². The first-order valence-corrected chi connectivity index (χ1v) is 22.2. The molecule has 232 valence electrons. The molecule has 3 nitrogen and oxygen atoms in total. The summed E-state index contributed by atoms with van der Waals surface area (Å²) in [6.07, 6.45) is 5.53. The molecule has 0 amide bonds. The SMILES string of the molecule is CC(C)c1nc2c(c(C3=CCCC3)c1C(O)c1cc(F)c([Si](C)(C)C)c(F)c1)[C@H](O[Si](C)(C)C(C)(C)C)CC(C)(C)C2. The van der Waals surface area contributed by atoms with Gasteiger partial charge in [-0.1, -0.05) is 74.2 Å². The van der Waals surface area contributed by atoms with E-state index in [2.05, 4.69) is 67.6 Å². The molecule has 1 heterocycles. The number of aliphatic hydroxyl groups is 1. The fraction of sp³-hybridized carbons (Fsp3) is 0.629. The van der Waals surface area contributed by atoms with Crippen molar-refractivity contribution in [3.63, 3.8) is 0 Å². The number of pyridine rings is 1. The van der Waals surface area contributed by atoms with Crippen LogP contribution in [0.15, 0.2) is 18.2 Å². The van der Waals surface area contributed by atoms with E-state index < -0.39 is 34.1 Å². The predicted molar refractivity (Wildman–Crippen MR) is 177 cm³/mol. The molecule has 2 aliphatic carbocycles. The molecule has 0 spiro atoms. The lowest BCUT2D eigenvalue weighted by Gasteiger charge is -2.45. The van der Waals surface area contributed by atoms with Crippen LogP contribution in [0.1, 0.15) is 126 Å². The van der Waals surface area contributed by atoms with E-state index in [-0.39, 0.29) is 33.2 Å². The van der Waals surface area contributed by atoms with E-state index >= 15 is 8.78 Å². The molecular weight excluding hydrogens is 561 g/mol. The molecule has 0 radical (unpaired) electrons. The minimum atomic E-state index is -2.27. The van der Waals surface area contributed by atoms with Gasteiger partial charge in [-0.25, -0.2) is 8.78 Å². The highest BCUT2D eigenvalue weighted by atomic mass is 28.4. The van der Waals surface area contributed by atoms with Crippen molar-refractivity contribution in [2.75, 3.05) is 0 Å². The molecule has 0 aliphatic heterocycles. The molecule has 0 saturated carbocycles. The summed E-state index contributed by atoms with van der Waals surface area (Å²) in [5.74, 6) is -1.12. The van der Waals surface area contributed by atoms with Crippen LogP contribution in [0.25, 0.3) is 5.57 Å². The van der Waals surface area contributed by atoms with Gasteiger partial charge < -0.3 is 9.53 Å². The number of benzene rings is 1. The molecule has 0 bridgehead atoms. The highest BCUT2D eigenvalue weighted by Gasteiger charge is 2.45. The average Bonchev–Trinajstić information content (AvgIpc) is 3.34. The zero-order valence-electron chi connectivity index (χ0n) is 28.1. The summed E-state index contributed by atoms with van der Waals surface area (Å²) >= 11 is 0. The Kier molecular flexibility index (Phi) is 8.98. The third kappa shape index (κ3) is 6.40. The molecule has 1 unspecified atom stereocenters. The van der Waals surface area contributed by atoms with E-state index in [1.165, 1.54) is 17.7 Å². The van der Waals surface area contributed by atoms with Gasteiger partial charge in [-0.2, -0.15) is 0 Å². The van der Waals surface area contributed by atoms with Gasteiger partial charge in [-0.05, 0) is 90.4 Å². The molecular formula is C35H53F2NO2Si2. The first-order valence-electron chi connectivity index (χ1n) is 15.8. The van der Waals surface area contributed by atoms with Gasteiger partial charge in [0.05, 0.1) is 14.2 Å². The van der Waals surface area contributed by atoms with E-state index in [1.807, 2.05) is 19.6 Å². The standard InChI is InChI=1S/C35H53F2NO2Si2/c1-21(2)31-30(32(39)23-17-24(36)33(25(37)18-23)41(8,9)10)28(22-15-13-14-16-22)29-26(38-31)19-35(6,7)20-27(29)40-42(11,12)34(3,4)5/h15,17-18,21,27,32,39H,13-14,16,19-20H2,1-12H3/t27-,32?/m1/s1. The summed E-state index contributed by atoms with van der Waals surface area (Å²) < 4.78 is 38.2. The van der Waals surface area contributed by atoms with E-state index in [4.69, 9.17) is 9.41 Å². The number of allylic oxidation sites excluding steroid dienone is 2. The van der Waals surface area contributed by atoms with Crippen LogP contribution in [0.5, 0.6) is 0 Å². The van der Waals surface area contributed by atoms with Crippen molar-refractivity contribution in [1.29, 1.82) is 0 Å². The van der Waals surface area contributed by atoms with Crippen molar-refractivity contribution in [2.24, 2.45) is 5.41 Å². The van der Waals surface area contributed by atoms with Gasteiger partial charge in [-0.3, -0.25) is 4.98 Å². The van der Waals surface area contributed by atoms with Gasteiger partial charge in [0.25, 0.3) is 0 Å². The summed E-state index contributed by atoms with van der Waals surface area (Å²) in [7, 11) is -4.44. The Morgan fingerprint density at radius 2 is 1.64 bits per heavy atom. The summed E-state index contributed by atoms with van der Waals surface area (Å²) in [6.45, 7) is 25.9. The Morgan fingerprint density at radius 3 is 2.12 bits per heavy atom. The van der Waals surface area contributed by atoms with Crippen molar-refractivity contribution in [1.82, 2.24) is 4.98 Å². The van der Waals surface area contributed by atoms with Crippen molar-refractivity contribution in [2.45, 2.75) is 136 Å². The topological polar surface area (TPSA) is 42.4 Å². The van der Waals surface area contributed by atoms with Gasteiger partial charge in [0.1, 0.15) is 17.7 Å². The second kappa shape index (κ2) is 11.4. The number of halogens is 2. The number of aromatic nitrogens is 1. The zero-order chi connectivity index (χ0) is 31.6. The number of hydrogen-bond donors (Lipinski definition) is 1. The number of aliphatic hydroxyl groups excluding tert-OH is 1. The molecule has 4 rings (SSSR count). The maximum atomic E-state index is 15.5. The lowest BCUT2D eigenvalue weighted by molar-refractivity contribution is 0.105. The molecule has 7 heteroatoms. The van der Waals surface area contributed by atoms with E-state index in [0.717, 1.165) is 54.6 Å². The normalized spacial score (nSPS) is 20.1. The minimum Gasteiger partial charge on any atom is -0.410 e. The van der Waals surface area contributed by atoms with Crippen molar-refractivity contribution in [3.05, 3.63) is 63.5 Å². The second-order valence-corrected chi connectivity index (χ2v) is 26.1. The van der Waals surface area contributed by atoms with Gasteiger partial charge >= 0.3 is 0 Å². The fourth-order valence-electron chi connectivity index (χ4n) is 6.52. The second-order valence-electron chi connectivity index (χ2n) is 16.3. The van der Waals surface area contributed by atoms with Crippen molar-refractivity contribution >= 4 is 27.2 Å². The van der Waals surface area contributed by atoms with Gasteiger partial charge in [0.15, 0.2) is 8.32 Å². The Bertz CT molecular complexity index is 1360. The summed E-state index contributed by atoms with van der Waals surface area (Å²) in [5, 5.41) is 12.3. The van der Waals surface area contributed by atoms with Crippen LogP contribution < -0.4 is 5.19 Å². The smallest absolute Gasteiger partial charge is 0.192 e. The highest BCUT2D eigenvalue weighted by molar-refractivity contribution is 6.88. The largest absolute Gasteiger partial charge is 0.410 e. The van der Waals surface area contributed by atoms with Gasteiger partial charge in [0, 0.05) is 27.7 Å². The number of fused-ring (bicyclic) bond motifs is 1. The average molecular weight is 614 g/mol. The molecule has 0 saturated heterocycles. The Hall–Kier alpha value is -1.68. The molecule has 2 atom stereocenters. The van der Waals surface area contributed by atoms with Gasteiger partial charge in [-0.15, -0.1) is 0 Å². The first kappa shape index (κ1) is 33.2. The lowest BCUT2D eigenvalue weighted by Crippen LogP contribution is -2.44. The van der Waals surface area contributed by atoms with E-state index in [0.29, 0.717) is 5.56 Å². The lowest BCUT2D eigenvalue weighted by atomic mass is 9.71. The molecule has 2 aromatic rings. The minimum absolute atomic E-state index is 0.00166. The van der Waals surface area contributed by atoms with Crippen LogP contribution in [0.3, 0.4) is 0 Å². The van der Waals surface area contributed by atoms with Gasteiger partial charge in [0.2, 0.25) is 0 Å². The zero-order valence-corrected chi connectivity index (χ0v) is 30.1. The Labute approximate surface area is 255 Å². The molecule has 2 aliphatic rings. The monoisotopic (exact) mass is 613 g/mol. The Morgan fingerprint density at radius 1 is 1.05 bits per heavy atom. The maximum absolute atomic E-state index is 15.5. The number of hydrogen-bond acceptors (Lipinski definition) is 3. The van der Waals surface area contributed by atoms with Crippen LogP contribution in [0.2, 0.25) is 37.8 Å². The Balaban J connectivity index is 2.03. The fourth-order valence-corrected chi connectivity index (χ4v) is 9.37. The predicted octanol–water partition coefficient (Wildman–Crippen LogP) is 9.71. The molecule has 1 aromatic carbocycles. The molecule has 0 fully saturated rings. The summed E-state index contributed by atoms with van der Waals surface area (Å²) in [5.41, 5.74) is 6.10. The molecule has 1 aromatic heterocycles. The highest BCUT2D eigenvalue weighted by Crippen LogP contribution is 2.52. The summed E-state index contributed by atoms with van der Waals surface area (Å²) in [6, 6.07) is 2.70. The number of nitrogens with zero attached hydrogens (tertiary/aromatic N) is 1. The van der Waals surface area contributed by atoms with Crippen LogP contribution >= 0.6 is 0 Å². The summed E-state index contributed by atoms with van der Waals surface area (Å²) in [4.78, 5) is 5.30. The van der Waals surface area contributed by atoms with Crippen LogP contribution in [0, 0.1) is 17.0 Å². The van der Waals surface area contributed by atoms with E-state index in [1.54, 1.807) is 0 Å². The van der Waals surface area contributed by atoms with E-state index in [9.17, 15) is 5.11 Å². The molecule has 1 N–H and O–H groups in total. The van der Waals surface area contributed by atoms with Crippen LogP contribution in [0.4, 0.5) is 8.78 Å². The molecule has 42 heavy (non-hydrogen) atoms. The quantitative estimate of drug-likeness (QED) is 0.316. The third-order valence-corrected chi connectivity index (χ3v) is 16.1. The maximum Gasteiger partial charge on any atom is 0.192 e.